The van der Waals surface area contributed by atoms with Crippen LogP contribution in [-0.2, 0) is 0 Å². The Kier molecular flexibility index (Phi) is 17.1. The van der Waals surface area contributed by atoms with Crippen LogP contribution in [0.4, 0.5) is 0 Å². The van der Waals surface area contributed by atoms with E-state index in [2.05, 4.69) is 28.1 Å². The molecule has 5 heteroatoms. The third-order valence-corrected chi connectivity index (χ3v) is 2.75. The van der Waals surface area contributed by atoms with Gasteiger partial charge in [-0.15, -0.1) is 0 Å². The van der Waals surface area contributed by atoms with Crippen LogP contribution in [0.3, 0.4) is 0 Å². The van der Waals surface area contributed by atoms with Gasteiger partial charge in [-0.25, -0.2) is 0 Å². The summed E-state index contributed by atoms with van der Waals surface area (Å²) < 4.78 is 0. The predicted molar refractivity (Wildman–Crippen MR) is 84.3 cm³/mol. The number of hydrogen-bond donors (Lipinski definition) is 5. The molecule has 0 heterocycles. The van der Waals surface area contributed by atoms with Crippen molar-refractivity contribution in [3.63, 3.8) is 0 Å². The van der Waals surface area contributed by atoms with E-state index < -0.39 is 0 Å². The van der Waals surface area contributed by atoms with Gasteiger partial charge in [0.2, 0.25) is 0 Å². The maximum Gasteiger partial charge on any atom is 0.00772 e. The minimum absolute atomic E-state index is 0.713. The van der Waals surface area contributed by atoms with Crippen molar-refractivity contribution < 1.29 is 0 Å². The molecule has 0 spiro atoms. The van der Waals surface area contributed by atoms with Crippen molar-refractivity contribution in [2.24, 2.45) is 11.5 Å². The van der Waals surface area contributed by atoms with Crippen LogP contribution in [0.1, 0.15) is 25.7 Å². The molecular weight excluding hydrogens is 238 g/mol. The van der Waals surface area contributed by atoms with Crippen molar-refractivity contribution >= 4 is 0 Å². The van der Waals surface area contributed by atoms with Gasteiger partial charge in [0.05, 0.1) is 0 Å². The van der Waals surface area contributed by atoms with Gasteiger partial charge in [-0.3, -0.25) is 0 Å². The normalized spacial score (nSPS) is 11.5. The number of unbranched alkanes of at least 4 members (excludes halogenated alkanes) is 2. The topological polar surface area (TPSA) is 88.1 Å². The Morgan fingerprint density at radius 2 is 1.16 bits per heavy atom. The highest BCUT2D eigenvalue weighted by molar-refractivity contribution is 4.82. The molecule has 0 bridgehead atoms. The first-order chi connectivity index (χ1) is 9.41. The zero-order chi connectivity index (χ0) is 14.0. The second-order valence-corrected chi connectivity index (χ2v) is 4.58. The Hall–Kier alpha value is -0.460. The van der Waals surface area contributed by atoms with Crippen LogP contribution in [0.2, 0.25) is 0 Å². The Morgan fingerprint density at radius 1 is 0.579 bits per heavy atom. The molecule has 0 aromatic rings. The SMILES string of the molecule is NCCNCCCC/C=C/CCNCCNCCN. The lowest BCUT2D eigenvalue weighted by Gasteiger charge is -2.04. The van der Waals surface area contributed by atoms with E-state index in [0.29, 0.717) is 6.54 Å². The van der Waals surface area contributed by atoms with Crippen LogP contribution in [-0.4, -0.2) is 52.4 Å². The van der Waals surface area contributed by atoms with Crippen LogP contribution < -0.4 is 27.4 Å². The van der Waals surface area contributed by atoms with Gasteiger partial charge in [0, 0.05) is 39.3 Å². The number of nitrogens with one attached hydrogen (secondary N) is 3. The van der Waals surface area contributed by atoms with Gasteiger partial charge in [0.1, 0.15) is 0 Å². The number of rotatable bonds is 15. The van der Waals surface area contributed by atoms with Crippen molar-refractivity contribution in [3.05, 3.63) is 12.2 Å². The van der Waals surface area contributed by atoms with Gasteiger partial charge in [-0.05, 0) is 38.8 Å². The summed E-state index contributed by atoms with van der Waals surface area (Å²) in [6.07, 6.45) is 9.34. The van der Waals surface area contributed by atoms with E-state index in [9.17, 15) is 0 Å². The molecule has 0 fully saturated rings. The van der Waals surface area contributed by atoms with Crippen LogP contribution in [0.15, 0.2) is 12.2 Å². The zero-order valence-corrected chi connectivity index (χ0v) is 12.3. The van der Waals surface area contributed by atoms with Crippen LogP contribution >= 0.6 is 0 Å². The third kappa shape index (κ3) is 17.5. The van der Waals surface area contributed by atoms with E-state index in [0.717, 1.165) is 52.2 Å². The lowest BCUT2D eigenvalue weighted by atomic mass is 10.2. The summed E-state index contributed by atoms with van der Waals surface area (Å²) in [6.45, 7) is 7.43. The molecule has 0 amide bonds. The standard InChI is InChI=1S/C14H33N5/c15-7-11-17-9-5-3-1-2-4-6-10-18-13-14-19-12-8-16/h2,4,17-19H,1,3,5-16H2/b4-2+. The molecule has 0 aromatic heterocycles. The lowest BCUT2D eigenvalue weighted by Crippen LogP contribution is -2.30. The van der Waals surface area contributed by atoms with Crippen molar-refractivity contribution in [3.8, 4) is 0 Å². The van der Waals surface area contributed by atoms with Crippen LogP contribution in [0.5, 0.6) is 0 Å². The second-order valence-electron chi connectivity index (χ2n) is 4.58. The average Bonchev–Trinajstić information content (AvgIpc) is 2.43. The number of allylic oxidation sites excluding steroid dienone is 1. The molecular formula is C14H33N5. The Balaban J connectivity index is 3.01. The average molecular weight is 271 g/mol. The fourth-order valence-electron chi connectivity index (χ4n) is 1.69. The first-order valence-corrected chi connectivity index (χ1v) is 7.59. The molecule has 0 radical (unpaired) electrons. The number of hydrogen-bond acceptors (Lipinski definition) is 5. The largest absolute Gasteiger partial charge is 0.329 e. The number of nitrogens with two attached hydrogens (primary N) is 2. The molecule has 0 aliphatic carbocycles. The monoisotopic (exact) mass is 271 g/mol. The maximum atomic E-state index is 5.39. The molecule has 0 aromatic carbocycles. The predicted octanol–water partition coefficient (Wildman–Crippen LogP) is -0.211. The van der Waals surface area contributed by atoms with E-state index in [1.807, 2.05) is 0 Å². The van der Waals surface area contributed by atoms with Crippen LogP contribution in [0, 0.1) is 0 Å². The molecule has 7 N–H and O–H groups in total. The van der Waals surface area contributed by atoms with Crippen LogP contribution in [0.25, 0.3) is 0 Å². The Bertz CT molecular complexity index is 185. The fourth-order valence-corrected chi connectivity index (χ4v) is 1.69. The molecule has 0 atom stereocenters. The molecule has 0 saturated heterocycles. The summed E-state index contributed by atoms with van der Waals surface area (Å²) in [5, 5.41) is 9.95. The second kappa shape index (κ2) is 17.5. The highest BCUT2D eigenvalue weighted by Crippen LogP contribution is 1.96. The third-order valence-electron chi connectivity index (χ3n) is 2.75. The summed E-state index contributed by atoms with van der Waals surface area (Å²) in [4.78, 5) is 0. The molecule has 114 valence electrons. The highest BCUT2D eigenvalue weighted by atomic mass is 14.9. The Morgan fingerprint density at radius 3 is 1.84 bits per heavy atom. The summed E-state index contributed by atoms with van der Waals surface area (Å²) in [6, 6.07) is 0. The van der Waals surface area contributed by atoms with Crippen molar-refractivity contribution in [2.45, 2.75) is 25.7 Å². The van der Waals surface area contributed by atoms with E-state index in [4.69, 9.17) is 11.5 Å². The van der Waals surface area contributed by atoms with Crippen molar-refractivity contribution in [1.82, 2.24) is 16.0 Å². The molecule has 5 nitrogen and oxygen atoms in total. The molecule has 0 aliphatic heterocycles. The smallest absolute Gasteiger partial charge is 0.00772 e. The van der Waals surface area contributed by atoms with Gasteiger partial charge >= 0.3 is 0 Å². The van der Waals surface area contributed by atoms with E-state index in [1.54, 1.807) is 0 Å². The molecule has 0 unspecified atom stereocenters. The minimum atomic E-state index is 0.713. The summed E-state index contributed by atoms with van der Waals surface area (Å²) in [5.41, 5.74) is 10.8. The van der Waals surface area contributed by atoms with E-state index in [1.165, 1.54) is 19.3 Å². The Labute approximate surface area is 118 Å². The fraction of sp³-hybridized carbons (Fsp3) is 0.857. The van der Waals surface area contributed by atoms with Crippen molar-refractivity contribution in [1.29, 1.82) is 0 Å². The van der Waals surface area contributed by atoms with Gasteiger partial charge < -0.3 is 27.4 Å². The highest BCUT2D eigenvalue weighted by Gasteiger charge is 1.87. The molecule has 19 heavy (non-hydrogen) atoms. The minimum Gasteiger partial charge on any atom is -0.329 e. The first kappa shape index (κ1) is 18.5. The molecule has 0 aliphatic rings. The van der Waals surface area contributed by atoms with Crippen molar-refractivity contribution in [2.75, 3.05) is 52.4 Å². The van der Waals surface area contributed by atoms with Gasteiger partial charge in [-0.2, -0.15) is 0 Å². The van der Waals surface area contributed by atoms with Gasteiger partial charge in [0.15, 0.2) is 0 Å². The molecule has 0 saturated carbocycles. The van der Waals surface area contributed by atoms with Gasteiger partial charge in [-0.1, -0.05) is 12.2 Å². The molecule has 0 rings (SSSR count). The zero-order valence-electron chi connectivity index (χ0n) is 12.3. The maximum absolute atomic E-state index is 5.39. The summed E-state index contributed by atoms with van der Waals surface area (Å²) >= 11 is 0. The lowest BCUT2D eigenvalue weighted by molar-refractivity contribution is 0.616. The quantitative estimate of drug-likeness (QED) is 0.210. The first-order valence-electron chi connectivity index (χ1n) is 7.59. The summed E-state index contributed by atoms with van der Waals surface area (Å²) in [7, 11) is 0. The van der Waals surface area contributed by atoms with E-state index in [-0.39, 0.29) is 0 Å². The summed E-state index contributed by atoms with van der Waals surface area (Å²) in [5.74, 6) is 0. The van der Waals surface area contributed by atoms with E-state index >= 15 is 0 Å². The van der Waals surface area contributed by atoms with Gasteiger partial charge in [0.25, 0.3) is 0 Å².